The Bertz CT molecular complexity index is 4880. The number of fused-ring (bicyclic) bond motifs is 6. The van der Waals surface area contributed by atoms with Crippen molar-refractivity contribution in [2.45, 2.75) is 10.8 Å². The van der Waals surface area contributed by atoms with Crippen molar-refractivity contribution in [3.8, 4) is 78.7 Å². The third-order valence-corrected chi connectivity index (χ3v) is 17.7. The van der Waals surface area contributed by atoms with Gasteiger partial charge in [0.15, 0.2) is 17.5 Å². The number of alkyl halides is 1. The van der Waals surface area contributed by atoms with Crippen LogP contribution < -0.4 is 5.46 Å². The molecule has 8 nitrogen and oxygen atoms in total. The average molecular weight is 1520 g/mol. The molecule has 0 unspecified atom stereocenters. The van der Waals surface area contributed by atoms with Crippen molar-refractivity contribution >= 4 is 93.8 Å². The minimum absolute atomic E-state index is 0.0860. The summed E-state index contributed by atoms with van der Waals surface area (Å²) in [4.78, 5) is 28.5. The predicted octanol–water partition coefficient (Wildman–Crippen LogP) is 19.8. The Labute approximate surface area is 599 Å². The number of hydrogen-bond donors (Lipinski definition) is 2. The number of aromatic nitrogens is 6. The smallest absolute Gasteiger partial charge is 0.423 e. The lowest BCUT2D eigenvalue weighted by Gasteiger charge is -2.33. The summed E-state index contributed by atoms with van der Waals surface area (Å²) in [5.74, 6) is 1.56. The fourth-order valence-electron chi connectivity index (χ4n) is 13.5. The number of halogens is 5. The Morgan fingerprint density at radius 1 is 0.295 bits per heavy atom. The summed E-state index contributed by atoms with van der Waals surface area (Å²) in [6.07, 6.45) is 0. The highest BCUT2D eigenvalue weighted by Crippen LogP contribution is 2.59. The molecule has 0 aliphatic heterocycles. The van der Waals surface area contributed by atoms with E-state index >= 15 is 0 Å². The highest BCUT2D eigenvalue weighted by atomic mass is 127. The minimum Gasteiger partial charge on any atom is -0.423 e. The van der Waals surface area contributed by atoms with Crippen LogP contribution in [0.2, 0.25) is 15.9 Å². The molecule has 2 aliphatic carbocycles. The lowest BCUT2D eigenvalue weighted by molar-refractivity contribution is 0.426. The zero-order chi connectivity index (χ0) is 66.6. The average Bonchev–Trinajstić information content (AvgIpc) is 1.54. The largest absolute Gasteiger partial charge is 0.489 e. The summed E-state index contributed by atoms with van der Waals surface area (Å²) in [6, 6.07) is 108. The van der Waals surface area contributed by atoms with Crippen LogP contribution in [-0.2, 0) is 10.8 Å². The predicted molar refractivity (Wildman–Crippen MR) is 408 cm³/mol. The van der Waals surface area contributed by atoms with Gasteiger partial charge in [0, 0.05) is 16.7 Å². The number of benzene rings is 12. The van der Waals surface area contributed by atoms with Gasteiger partial charge >= 0.3 is 7.12 Å². The molecule has 2 aromatic heterocycles. The highest BCUT2D eigenvalue weighted by Gasteiger charge is 2.49. The van der Waals surface area contributed by atoms with E-state index in [9.17, 15) is 10.0 Å². The van der Waals surface area contributed by atoms with Crippen molar-refractivity contribution < 1.29 is 10.0 Å². The van der Waals surface area contributed by atoms with E-state index in [2.05, 4.69) is 237 Å². The molecule has 16 rings (SSSR count). The lowest BCUT2D eigenvalue weighted by atomic mass is 9.66. The van der Waals surface area contributed by atoms with Crippen molar-refractivity contribution in [1.82, 2.24) is 29.9 Å². The fraction of sp³-hybridized carbons (Fsp3) is 0.0370. The normalized spacial score (nSPS) is 12.3. The zero-order valence-corrected chi connectivity index (χ0v) is 57.6. The van der Waals surface area contributed by atoms with E-state index in [1.165, 1.54) is 46.0 Å². The van der Waals surface area contributed by atoms with E-state index < -0.39 is 17.9 Å². The molecule has 2 N–H and O–H groups in total. The van der Waals surface area contributed by atoms with Gasteiger partial charge in [0.05, 0.1) is 10.8 Å². The first-order valence-corrected chi connectivity index (χ1v) is 33.7. The topological polar surface area (TPSA) is 118 Å². The van der Waals surface area contributed by atoms with E-state index in [0.29, 0.717) is 22.9 Å². The summed E-state index contributed by atoms with van der Waals surface area (Å²) < 4.78 is 5.72. The van der Waals surface area contributed by atoms with Gasteiger partial charge < -0.3 is 10.0 Å². The van der Waals surface area contributed by atoms with E-state index in [1.807, 2.05) is 120 Å². The molecule has 14 aromatic rings. The molecular formula is C81H58BCl3I2N6O2. The second-order valence-corrected chi connectivity index (χ2v) is 23.2. The van der Waals surface area contributed by atoms with Crippen LogP contribution in [0, 0.1) is 0 Å². The first kappa shape index (κ1) is 64.7. The maximum absolute atomic E-state index is 10.1. The van der Waals surface area contributed by atoms with Crippen molar-refractivity contribution in [3.05, 3.63) is 376 Å². The SMILES string of the molecule is CI.Clc1nc(-c2ccccc2-c2ccccc2)nc(-c2cccc3c2-c2ccccc2C3(c2ccccc2)c2ccccc2)n1.Clc1nc(Cl)nc(-c2ccccc2-c2ccccc2)n1.OB(O)c1cccc2c1-c1ccccc1C2(c1ccccc1)c1ccccc1.[2H]I. The standard InChI is InChI=1S/C40H26ClN3.C25H19BO2.C15H9Cl2N3.CH3I.HI/c41-39-43-37(31-22-11-10-21-30(31)27-15-4-1-5-16-27)42-38(44-39)33-24-14-26-35-36(33)32-23-12-13-25-34(32)40(35,28-17-6-2-7-18-28)29-19-8-3-9-20-29;27-26(28)23-17-9-16-22-24(23)20-14-7-8-15-21(20)25(22,18-10-3-1-4-11-18)19-12-5-2-6-13-19;16-14-18-13(19-15(17)20-14)12-9-5-4-8-11(12)10-6-2-1-3-7-10;1-2;/h1-26H;1-17,27-28H;1-9H;1H3;1H/i/hD. The molecule has 2 heterocycles. The van der Waals surface area contributed by atoms with E-state index in [1.54, 1.807) is 6.07 Å². The first-order chi connectivity index (χ1) is 47.2. The molecule has 0 amide bonds. The van der Waals surface area contributed by atoms with E-state index in [0.717, 1.165) is 83.5 Å². The van der Waals surface area contributed by atoms with Gasteiger partial charge in [-0.05, 0) is 134 Å². The van der Waals surface area contributed by atoms with Crippen molar-refractivity contribution in [2.75, 3.05) is 4.93 Å². The summed E-state index contributed by atoms with van der Waals surface area (Å²) in [7, 11) is -1.52. The number of nitrogens with zero attached hydrogens (tertiary/aromatic N) is 6. The molecule has 14 heteroatoms. The Kier molecular flexibility index (Phi) is 20.2. The highest BCUT2D eigenvalue weighted by molar-refractivity contribution is 14.1. The molecule has 95 heavy (non-hydrogen) atoms. The van der Waals surface area contributed by atoms with Gasteiger partial charge in [-0.25, -0.2) is 4.98 Å². The van der Waals surface area contributed by atoms with Crippen molar-refractivity contribution in [3.63, 3.8) is 0 Å². The third kappa shape index (κ3) is 12.7. The molecular weight excluding hydrogens is 1460 g/mol. The van der Waals surface area contributed by atoms with Crippen LogP contribution in [0.15, 0.2) is 315 Å². The molecule has 0 atom stereocenters. The van der Waals surface area contributed by atoms with Gasteiger partial charge in [0.25, 0.3) is 0 Å². The van der Waals surface area contributed by atoms with Gasteiger partial charge in [-0.1, -0.05) is 338 Å². The van der Waals surface area contributed by atoms with E-state index in [-0.39, 0.29) is 15.9 Å². The van der Waals surface area contributed by atoms with Crippen LogP contribution in [0.4, 0.5) is 0 Å². The molecule has 0 radical (unpaired) electrons. The van der Waals surface area contributed by atoms with Gasteiger partial charge in [-0.15, -0.1) is 23.8 Å². The fourth-order valence-corrected chi connectivity index (χ4v) is 14.1. The lowest BCUT2D eigenvalue weighted by Crippen LogP contribution is -2.33. The number of rotatable bonds is 10. The second-order valence-electron chi connectivity index (χ2n) is 22.2. The molecule has 0 saturated heterocycles. The van der Waals surface area contributed by atoms with Gasteiger partial charge in [0.1, 0.15) is 0.594 Å². The molecule has 0 spiro atoms. The first-order valence-electron chi connectivity index (χ1n) is 30.8. The van der Waals surface area contributed by atoms with Crippen LogP contribution in [0.25, 0.3) is 78.7 Å². The van der Waals surface area contributed by atoms with Crippen LogP contribution >= 0.6 is 81.2 Å². The summed E-state index contributed by atoms with van der Waals surface area (Å²) in [5, 5.41) is 20.5. The van der Waals surface area contributed by atoms with Crippen LogP contribution in [0.1, 0.15) is 44.5 Å². The molecule has 0 fully saturated rings. The minimum atomic E-state index is -1.52. The maximum Gasteiger partial charge on any atom is 0.489 e. The summed E-state index contributed by atoms with van der Waals surface area (Å²) in [6.45, 7) is 0. The molecule has 2 aliphatic rings. The monoisotopic (exact) mass is 1520 g/mol. The maximum atomic E-state index is 10.1. The molecule has 462 valence electrons. The molecule has 0 bridgehead atoms. The number of hydrogen-bond acceptors (Lipinski definition) is 8. The van der Waals surface area contributed by atoms with E-state index in [4.69, 9.17) is 45.4 Å². The van der Waals surface area contributed by atoms with Gasteiger partial charge in [-0.2, -0.15) is 24.9 Å². The van der Waals surface area contributed by atoms with Gasteiger partial charge in [0.2, 0.25) is 15.9 Å². The van der Waals surface area contributed by atoms with Crippen LogP contribution in [0.3, 0.4) is 0 Å². The summed E-state index contributed by atoms with van der Waals surface area (Å²) in [5.41, 5.74) is 20.1. The Hall–Kier alpha value is -9.03. The van der Waals surface area contributed by atoms with Crippen LogP contribution in [-0.4, -0.2) is 52.6 Å². The Morgan fingerprint density at radius 2 is 0.568 bits per heavy atom. The zero-order valence-electron chi connectivity index (χ0n) is 52.1. The molecule has 12 aromatic carbocycles. The summed E-state index contributed by atoms with van der Waals surface area (Å²) >= 11 is 21.9. The Morgan fingerprint density at radius 3 is 0.968 bits per heavy atom. The van der Waals surface area contributed by atoms with Crippen molar-refractivity contribution in [2.24, 2.45) is 0 Å². The Balaban J connectivity index is 0.000000145. The van der Waals surface area contributed by atoms with Gasteiger partial charge in [-0.3, -0.25) is 0 Å². The molecule has 0 saturated carbocycles. The van der Waals surface area contributed by atoms with Crippen LogP contribution in [0.5, 0.6) is 0 Å². The van der Waals surface area contributed by atoms with Crippen molar-refractivity contribution in [1.29, 1.82) is 0.594 Å². The third-order valence-electron chi connectivity index (χ3n) is 17.2. The second kappa shape index (κ2) is 29.7. The quantitative estimate of drug-likeness (QED) is 0.0790.